The van der Waals surface area contributed by atoms with E-state index in [1.54, 1.807) is 7.11 Å². The van der Waals surface area contributed by atoms with E-state index < -0.39 is 0 Å². The summed E-state index contributed by atoms with van der Waals surface area (Å²) < 4.78 is 7.58. The number of aromatic nitrogens is 4. The van der Waals surface area contributed by atoms with E-state index in [1.807, 2.05) is 24.4 Å². The summed E-state index contributed by atoms with van der Waals surface area (Å²) in [6.45, 7) is 1.44. The number of nitrogens with zero attached hydrogens (tertiary/aromatic N) is 5. The molecule has 1 aromatic carbocycles. The van der Waals surface area contributed by atoms with Crippen LogP contribution in [0.5, 0.6) is 5.75 Å². The van der Waals surface area contributed by atoms with Crippen molar-refractivity contribution in [2.45, 2.75) is 51.0 Å². The molecule has 2 fully saturated rings. The Labute approximate surface area is 187 Å². The van der Waals surface area contributed by atoms with Gasteiger partial charge in [0.25, 0.3) is 0 Å². The molecule has 1 saturated carbocycles. The zero-order chi connectivity index (χ0) is 22.1. The summed E-state index contributed by atoms with van der Waals surface area (Å²) in [5.74, 6) is 1.18. The third-order valence-corrected chi connectivity index (χ3v) is 6.90. The Morgan fingerprint density at radius 3 is 2.59 bits per heavy atom. The Hall–Kier alpha value is -3.16. The lowest BCUT2D eigenvalue weighted by molar-refractivity contribution is -0.122. The van der Waals surface area contributed by atoms with E-state index in [0.29, 0.717) is 12.0 Å². The van der Waals surface area contributed by atoms with E-state index in [9.17, 15) is 4.79 Å². The zero-order valence-electron chi connectivity index (χ0n) is 18.5. The molecule has 2 aliphatic rings. The van der Waals surface area contributed by atoms with E-state index in [0.717, 1.165) is 53.8 Å². The molecule has 1 aliphatic heterocycles. The molecule has 2 N–H and O–H groups in total. The summed E-state index contributed by atoms with van der Waals surface area (Å²) in [6, 6.07) is 6.36. The number of benzene rings is 1. The van der Waals surface area contributed by atoms with E-state index in [1.165, 1.54) is 32.1 Å². The Morgan fingerprint density at radius 2 is 1.88 bits per heavy atom. The normalized spacial score (nSPS) is 18.2. The van der Waals surface area contributed by atoms with Gasteiger partial charge in [0.1, 0.15) is 5.75 Å². The van der Waals surface area contributed by atoms with Crippen LogP contribution in [0.15, 0.2) is 30.6 Å². The molecule has 3 heterocycles. The largest absolute Gasteiger partial charge is 0.497 e. The van der Waals surface area contributed by atoms with Gasteiger partial charge in [0.05, 0.1) is 30.6 Å². The van der Waals surface area contributed by atoms with E-state index in [-0.39, 0.29) is 11.8 Å². The average Bonchev–Trinajstić information content (AvgIpc) is 3.34. The third kappa shape index (κ3) is 4.01. The van der Waals surface area contributed by atoms with Gasteiger partial charge in [-0.1, -0.05) is 19.3 Å². The molecule has 1 amide bonds. The molecule has 0 spiro atoms. The topological polar surface area (TPSA) is 99.2 Å². The van der Waals surface area contributed by atoms with Crippen LogP contribution in [-0.4, -0.2) is 45.9 Å². The summed E-state index contributed by atoms with van der Waals surface area (Å²) in [7, 11) is 1.67. The molecule has 3 aromatic rings. The maximum absolute atomic E-state index is 11.6. The fourth-order valence-corrected chi connectivity index (χ4v) is 4.95. The molecule has 1 aliphatic carbocycles. The molecule has 0 radical (unpaired) electrons. The van der Waals surface area contributed by atoms with E-state index in [2.05, 4.69) is 15.8 Å². The number of hydrogen-bond donors (Lipinski definition) is 1. The molecule has 0 unspecified atom stereocenters. The first kappa shape index (κ1) is 20.7. The van der Waals surface area contributed by atoms with Crippen molar-refractivity contribution in [2.24, 2.45) is 11.7 Å². The minimum Gasteiger partial charge on any atom is -0.497 e. The number of anilines is 1. The Bertz CT molecular complexity index is 1110. The average molecular weight is 435 g/mol. The first-order valence-corrected chi connectivity index (χ1v) is 11.6. The molecule has 32 heavy (non-hydrogen) atoms. The first-order chi connectivity index (χ1) is 15.6. The highest BCUT2D eigenvalue weighted by molar-refractivity contribution is 5.94. The van der Waals surface area contributed by atoms with Gasteiger partial charge in [-0.2, -0.15) is 5.10 Å². The van der Waals surface area contributed by atoms with Gasteiger partial charge in [-0.3, -0.25) is 9.48 Å². The summed E-state index contributed by atoms with van der Waals surface area (Å²) in [6.07, 6.45) is 11.7. The monoisotopic (exact) mass is 434 g/mol. The predicted molar refractivity (Wildman–Crippen MR) is 124 cm³/mol. The lowest BCUT2D eigenvalue weighted by Gasteiger charge is -2.30. The molecule has 8 nitrogen and oxygen atoms in total. The molecule has 5 rings (SSSR count). The van der Waals surface area contributed by atoms with Crippen LogP contribution in [0, 0.1) is 5.92 Å². The Balaban J connectivity index is 1.53. The number of primary amides is 1. The van der Waals surface area contributed by atoms with Crippen LogP contribution < -0.4 is 15.4 Å². The standard InChI is InChI=1S/C24H30N6O2/c1-32-19-7-8-21-20(13-19)22(17-14-26-30(15-17)18-5-3-2-4-6-18)28-24(27-21)29-11-9-16(10-12-29)23(25)31/h7-8,13-16,18H,2-6,9-12H2,1H3,(H2,25,31). The van der Waals surface area contributed by atoms with Crippen LogP contribution in [0.2, 0.25) is 0 Å². The summed E-state index contributed by atoms with van der Waals surface area (Å²) in [5.41, 5.74) is 8.23. The quantitative estimate of drug-likeness (QED) is 0.657. The van der Waals surface area contributed by atoms with Gasteiger partial charge in [0.2, 0.25) is 11.9 Å². The number of fused-ring (bicyclic) bond motifs is 1. The minimum atomic E-state index is -0.216. The summed E-state index contributed by atoms with van der Waals surface area (Å²) >= 11 is 0. The Morgan fingerprint density at radius 1 is 1.09 bits per heavy atom. The van der Waals surface area contributed by atoms with Gasteiger partial charge < -0.3 is 15.4 Å². The highest BCUT2D eigenvalue weighted by Gasteiger charge is 2.26. The molecular weight excluding hydrogens is 404 g/mol. The molecular formula is C24H30N6O2. The van der Waals surface area contributed by atoms with Crippen molar-refractivity contribution in [3.8, 4) is 17.0 Å². The molecule has 0 atom stereocenters. The third-order valence-electron chi connectivity index (χ3n) is 6.90. The molecule has 1 saturated heterocycles. The minimum absolute atomic E-state index is 0.0656. The van der Waals surface area contributed by atoms with Gasteiger partial charge in [-0.25, -0.2) is 9.97 Å². The van der Waals surface area contributed by atoms with Crippen molar-refractivity contribution in [1.29, 1.82) is 0 Å². The second-order valence-corrected chi connectivity index (χ2v) is 8.92. The molecule has 168 valence electrons. The summed E-state index contributed by atoms with van der Waals surface area (Å²) in [4.78, 5) is 23.5. The van der Waals surface area contributed by atoms with Crippen molar-refractivity contribution in [3.05, 3.63) is 30.6 Å². The molecule has 0 bridgehead atoms. The number of amides is 1. The van der Waals surface area contributed by atoms with Crippen LogP contribution in [0.4, 0.5) is 5.95 Å². The lowest BCUT2D eigenvalue weighted by atomic mass is 9.96. The predicted octanol–water partition coefficient (Wildman–Crippen LogP) is 3.71. The van der Waals surface area contributed by atoms with Gasteiger partial charge in [0, 0.05) is 36.2 Å². The molecule has 8 heteroatoms. The van der Waals surface area contributed by atoms with Crippen LogP contribution in [0.3, 0.4) is 0 Å². The SMILES string of the molecule is COc1ccc2nc(N3CCC(C(N)=O)CC3)nc(-c3cnn(C4CCCCC4)c3)c2c1. The van der Waals surface area contributed by atoms with Crippen LogP contribution in [-0.2, 0) is 4.79 Å². The van der Waals surface area contributed by atoms with Crippen molar-refractivity contribution in [3.63, 3.8) is 0 Å². The van der Waals surface area contributed by atoms with Crippen LogP contribution in [0.1, 0.15) is 51.0 Å². The number of hydrogen-bond acceptors (Lipinski definition) is 6. The van der Waals surface area contributed by atoms with Gasteiger partial charge in [-0.05, 0) is 43.9 Å². The fourth-order valence-electron chi connectivity index (χ4n) is 4.95. The number of nitrogens with two attached hydrogens (primary N) is 1. The number of carbonyl (C=O) groups excluding carboxylic acids is 1. The number of carbonyl (C=O) groups is 1. The highest BCUT2D eigenvalue weighted by Crippen LogP contribution is 2.34. The summed E-state index contributed by atoms with van der Waals surface area (Å²) in [5, 5.41) is 5.64. The highest BCUT2D eigenvalue weighted by atomic mass is 16.5. The Kier molecular flexibility index (Phi) is 5.68. The maximum Gasteiger partial charge on any atom is 0.226 e. The zero-order valence-corrected chi connectivity index (χ0v) is 18.5. The van der Waals surface area contributed by atoms with Gasteiger partial charge in [-0.15, -0.1) is 0 Å². The molecule has 2 aromatic heterocycles. The second-order valence-electron chi connectivity index (χ2n) is 8.92. The first-order valence-electron chi connectivity index (χ1n) is 11.6. The van der Waals surface area contributed by atoms with Gasteiger partial charge in [0.15, 0.2) is 0 Å². The number of ether oxygens (including phenoxy) is 1. The fraction of sp³-hybridized carbons (Fsp3) is 0.500. The number of piperidine rings is 1. The van der Waals surface area contributed by atoms with Crippen LogP contribution in [0.25, 0.3) is 22.2 Å². The van der Waals surface area contributed by atoms with Crippen molar-refractivity contribution >= 4 is 22.8 Å². The van der Waals surface area contributed by atoms with E-state index in [4.69, 9.17) is 25.5 Å². The maximum atomic E-state index is 11.6. The van der Waals surface area contributed by atoms with E-state index >= 15 is 0 Å². The van der Waals surface area contributed by atoms with Crippen molar-refractivity contribution < 1.29 is 9.53 Å². The van der Waals surface area contributed by atoms with Crippen molar-refractivity contribution in [1.82, 2.24) is 19.7 Å². The number of methoxy groups -OCH3 is 1. The lowest BCUT2D eigenvalue weighted by Crippen LogP contribution is -2.39. The smallest absolute Gasteiger partial charge is 0.226 e. The second kappa shape index (κ2) is 8.76. The van der Waals surface area contributed by atoms with Crippen molar-refractivity contribution in [2.75, 3.05) is 25.1 Å². The van der Waals surface area contributed by atoms with Gasteiger partial charge >= 0.3 is 0 Å². The van der Waals surface area contributed by atoms with Crippen LogP contribution >= 0.6 is 0 Å². The number of rotatable bonds is 5.